The predicted molar refractivity (Wildman–Crippen MR) is 72.0 cm³/mol. The summed E-state index contributed by atoms with van der Waals surface area (Å²) < 4.78 is 0. The maximum absolute atomic E-state index is 11.9. The van der Waals surface area contributed by atoms with Crippen molar-refractivity contribution in [1.29, 1.82) is 0 Å². The lowest BCUT2D eigenvalue weighted by Crippen LogP contribution is -2.54. The largest absolute Gasteiger partial charge is 0.392 e. The Morgan fingerprint density at radius 1 is 1.32 bits per heavy atom. The zero-order valence-corrected chi connectivity index (χ0v) is 12.0. The van der Waals surface area contributed by atoms with E-state index < -0.39 is 0 Å². The molecule has 0 aliphatic carbocycles. The van der Waals surface area contributed by atoms with Crippen molar-refractivity contribution in [2.75, 3.05) is 13.1 Å². The average Bonchev–Trinajstić information content (AvgIpc) is 2.34. The van der Waals surface area contributed by atoms with Crippen LogP contribution >= 0.6 is 0 Å². The number of hydrazine groups is 1. The van der Waals surface area contributed by atoms with E-state index in [1.54, 1.807) is 6.92 Å². The minimum atomic E-state index is -0.362. The molecule has 2 atom stereocenters. The minimum Gasteiger partial charge on any atom is -0.392 e. The number of aliphatic hydroxyl groups excluding tert-OH is 1. The first-order valence-corrected chi connectivity index (χ1v) is 6.91. The van der Waals surface area contributed by atoms with E-state index in [0.717, 1.165) is 19.4 Å². The van der Waals surface area contributed by atoms with E-state index >= 15 is 0 Å². The number of amides is 2. The molecule has 1 aliphatic heterocycles. The number of carbonyl (C=O) groups excluding carboxylic acids is 2. The van der Waals surface area contributed by atoms with Crippen molar-refractivity contribution < 1.29 is 14.7 Å². The maximum Gasteiger partial charge on any atom is 0.255 e. The van der Waals surface area contributed by atoms with Gasteiger partial charge in [0.25, 0.3) is 5.91 Å². The normalized spacial score (nSPS) is 22.1. The monoisotopic (exact) mass is 271 g/mol. The van der Waals surface area contributed by atoms with Gasteiger partial charge in [-0.25, -0.2) is 0 Å². The fraction of sp³-hybridized carbons (Fsp3) is 0.846. The first-order chi connectivity index (χ1) is 8.90. The molecule has 0 spiro atoms. The van der Waals surface area contributed by atoms with Crippen LogP contribution in [0.4, 0.5) is 0 Å². The third-order valence-electron chi connectivity index (χ3n) is 3.27. The Bertz CT molecular complexity index is 320. The van der Waals surface area contributed by atoms with E-state index in [2.05, 4.69) is 10.9 Å². The van der Waals surface area contributed by atoms with Gasteiger partial charge in [-0.1, -0.05) is 13.8 Å². The number of rotatable bonds is 4. The van der Waals surface area contributed by atoms with Crippen LogP contribution < -0.4 is 10.9 Å². The van der Waals surface area contributed by atoms with Crippen LogP contribution in [0.25, 0.3) is 0 Å². The van der Waals surface area contributed by atoms with Crippen molar-refractivity contribution in [3.05, 3.63) is 0 Å². The number of hydrogen-bond acceptors (Lipinski definition) is 4. The minimum absolute atomic E-state index is 0.186. The Kier molecular flexibility index (Phi) is 6.24. The number of likely N-dealkylation sites (tertiary alicyclic amines) is 1. The predicted octanol–water partition coefficient (Wildman–Crippen LogP) is 0.0251. The fourth-order valence-electron chi connectivity index (χ4n) is 2.16. The van der Waals surface area contributed by atoms with Crippen LogP contribution in [0, 0.1) is 5.92 Å². The highest BCUT2D eigenvalue weighted by atomic mass is 16.3. The molecule has 0 aromatic rings. The third-order valence-corrected chi connectivity index (χ3v) is 3.27. The van der Waals surface area contributed by atoms with Crippen molar-refractivity contribution in [3.63, 3.8) is 0 Å². The molecule has 3 N–H and O–H groups in total. The second kappa shape index (κ2) is 7.45. The van der Waals surface area contributed by atoms with Crippen LogP contribution in [0.5, 0.6) is 0 Å². The van der Waals surface area contributed by atoms with Gasteiger partial charge in [0.1, 0.15) is 0 Å². The molecule has 0 saturated carbocycles. The number of aliphatic hydroxyl groups is 1. The Labute approximate surface area is 114 Å². The quantitative estimate of drug-likeness (QED) is 0.630. The molecule has 0 radical (unpaired) electrons. The van der Waals surface area contributed by atoms with Crippen LogP contribution in [0.3, 0.4) is 0 Å². The van der Waals surface area contributed by atoms with Gasteiger partial charge in [0.15, 0.2) is 0 Å². The SMILES string of the molecule is CC(C)CC(=O)NNC(=O)C(C)N1CCCC(O)C1. The highest BCUT2D eigenvalue weighted by molar-refractivity contribution is 5.85. The van der Waals surface area contributed by atoms with Gasteiger partial charge in [0.2, 0.25) is 5.91 Å². The van der Waals surface area contributed by atoms with Crippen LogP contribution in [0.1, 0.15) is 40.0 Å². The fourth-order valence-corrected chi connectivity index (χ4v) is 2.16. The summed E-state index contributed by atoms with van der Waals surface area (Å²) in [7, 11) is 0. The number of nitrogens with one attached hydrogen (secondary N) is 2. The van der Waals surface area contributed by atoms with E-state index in [4.69, 9.17) is 0 Å². The molecule has 0 aromatic heterocycles. The lowest BCUT2D eigenvalue weighted by molar-refractivity contribution is -0.132. The first kappa shape index (κ1) is 15.9. The number of carbonyl (C=O) groups is 2. The zero-order valence-electron chi connectivity index (χ0n) is 12.0. The van der Waals surface area contributed by atoms with E-state index in [-0.39, 0.29) is 29.9 Å². The molecular weight excluding hydrogens is 246 g/mol. The van der Waals surface area contributed by atoms with Gasteiger partial charge in [-0.3, -0.25) is 25.3 Å². The van der Waals surface area contributed by atoms with Gasteiger partial charge in [-0.05, 0) is 32.2 Å². The second-order valence-corrected chi connectivity index (χ2v) is 5.60. The molecule has 1 heterocycles. The summed E-state index contributed by atoms with van der Waals surface area (Å²) in [5, 5.41) is 9.58. The van der Waals surface area contributed by atoms with E-state index in [1.165, 1.54) is 0 Å². The van der Waals surface area contributed by atoms with Gasteiger partial charge in [-0.2, -0.15) is 0 Å². The van der Waals surface area contributed by atoms with Crippen LogP contribution in [0.15, 0.2) is 0 Å². The van der Waals surface area contributed by atoms with Crippen molar-refractivity contribution >= 4 is 11.8 Å². The molecule has 6 nitrogen and oxygen atoms in total. The van der Waals surface area contributed by atoms with Crippen LogP contribution in [0.2, 0.25) is 0 Å². The summed E-state index contributed by atoms with van der Waals surface area (Å²) in [6, 6.07) is -0.353. The number of piperidine rings is 1. The highest BCUT2D eigenvalue weighted by Crippen LogP contribution is 2.12. The molecule has 1 aliphatic rings. The smallest absolute Gasteiger partial charge is 0.255 e. The van der Waals surface area contributed by atoms with Crippen molar-refractivity contribution in [3.8, 4) is 0 Å². The zero-order chi connectivity index (χ0) is 14.4. The molecule has 110 valence electrons. The Morgan fingerprint density at radius 2 is 2.00 bits per heavy atom. The van der Waals surface area contributed by atoms with Crippen molar-refractivity contribution in [2.24, 2.45) is 5.92 Å². The molecule has 0 bridgehead atoms. The molecular formula is C13H25N3O3. The highest BCUT2D eigenvalue weighted by Gasteiger charge is 2.26. The first-order valence-electron chi connectivity index (χ1n) is 6.91. The summed E-state index contributed by atoms with van der Waals surface area (Å²) in [5.74, 6) is -0.174. The summed E-state index contributed by atoms with van der Waals surface area (Å²) in [6.45, 7) is 6.97. The molecule has 0 aromatic carbocycles. The Hall–Kier alpha value is -1.14. The van der Waals surface area contributed by atoms with Gasteiger partial charge in [0.05, 0.1) is 12.1 Å². The van der Waals surface area contributed by atoms with Gasteiger partial charge < -0.3 is 5.11 Å². The molecule has 1 saturated heterocycles. The topological polar surface area (TPSA) is 81.7 Å². The Morgan fingerprint density at radius 3 is 2.58 bits per heavy atom. The van der Waals surface area contributed by atoms with E-state index in [1.807, 2.05) is 18.7 Å². The van der Waals surface area contributed by atoms with Crippen LogP contribution in [-0.4, -0.2) is 47.1 Å². The Balaban J connectivity index is 2.34. The molecule has 2 unspecified atom stereocenters. The summed E-state index contributed by atoms with van der Waals surface area (Å²) in [4.78, 5) is 25.2. The van der Waals surface area contributed by atoms with Crippen molar-refractivity contribution in [1.82, 2.24) is 15.8 Å². The van der Waals surface area contributed by atoms with Gasteiger partial charge in [-0.15, -0.1) is 0 Å². The second-order valence-electron chi connectivity index (χ2n) is 5.60. The van der Waals surface area contributed by atoms with Gasteiger partial charge >= 0.3 is 0 Å². The molecule has 6 heteroatoms. The number of β-amino-alcohol motifs (C(OH)–C–C–N with tert-alkyl or cyclic N) is 1. The standard InChI is InChI=1S/C13H25N3O3/c1-9(2)7-12(18)14-15-13(19)10(3)16-6-4-5-11(17)8-16/h9-11,17H,4-8H2,1-3H3,(H,14,18)(H,15,19). The molecule has 2 amide bonds. The van der Waals surface area contributed by atoms with E-state index in [0.29, 0.717) is 13.0 Å². The summed E-state index contributed by atoms with van der Waals surface area (Å²) >= 11 is 0. The maximum atomic E-state index is 11.9. The molecule has 19 heavy (non-hydrogen) atoms. The third kappa shape index (κ3) is 5.57. The summed E-state index contributed by atoms with van der Waals surface area (Å²) in [5.41, 5.74) is 4.86. The lowest BCUT2D eigenvalue weighted by atomic mass is 10.1. The summed E-state index contributed by atoms with van der Waals surface area (Å²) in [6.07, 6.45) is 1.70. The molecule has 1 rings (SSSR count). The molecule has 1 fully saturated rings. The number of nitrogens with zero attached hydrogens (tertiary/aromatic N) is 1. The van der Waals surface area contributed by atoms with E-state index in [9.17, 15) is 14.7 Å². The van der Waals surface area contributed by atoms with Crippen LogP contribution in [-0.2, 0) is 9.59 Å². The van der Waals surface area contributed by atoms with Gasteiger partial charge in [0, 0.05) is 13.0 Å². The average molecular weight is 271 g/mol. The lowest BCUT2D eigenvalue weighted by Gasteiger charge is -2.33. The number of hydrogen-bond donors (Lipinski definition) is 3. The van der Waals surface area contributed by atoms with Crippen molar-refractivity contribution in [2.45, 2.75) is 52.2 Å².